The van der Waals surface area contributed by atoms with Crippen LogP contribution in [0.5, 0.6) is 0 Å². The van der Waals surface area contributed by atoms with E-state index in [4.69, 9.17) is 0 Å². The summed E-state index contributed by atoms with van der Waals surface area (Å²) in [6.07, 6.45) is 3.98. The summed E-state index contributed by atoms with van der Waals surface area (Å²) in [6, 6.07) is 9.26. The quantitative estimate of drug-likeness (QED) is 0.457. The molecule has 12 heteroatoms. The van der Waals surface area contributed by atoms with E-state index < -0.39 is 24.1 Å². The van der Waals surface area contributed by atoms with Gasteiger partial charge in [-0.25, -0.2) is 16.8 Å². The molecule has 1 aliphatic carbocycles. The number of sulfonamides is 2. The number of halogens is 4. The van der Waals surface area contributed by atoms with E-state index in [9.17, 15) is 16.8 Å². The van der Waals surface area contributed by atoms with Crippen LogP contribution in [0.15, 0.2) is 48.6 Å². The normalized spacial score (nSPS) is 18.0. The van der Waals surface area contributed by atoms with E-state index in [0.717, 1.165) is 11.1 Å². The van der Waals surface area contributed by atoms with Gasteiger partial charge in [0.1, 0.15) is 0 Å². The summed E-state index contributed by atoms with van der Waals surface area (Å²) >= 11 is 11.0. The van der Waals surface area contributed by atoms with Crippen LogP contribution >= 0.6 is 64.6 Å². The monoisotopic (exact) mass is 626 g/mol. The molecule has 6 nitrogen and oxygen atoms in total. The third-order valence-electron chi connectivity index (χ3n) is 3.47. The lowest BCUT2D eigenvalue weighted by Gasteiger charge is -2.32. The topological polar surface area (TPSA) is 74.8 Å². The lowest BCUT2D eigenvalue weighted by molar-refractivity contribution is 0.543. The van der Waals surface area contributed by atoms with Crippen molar-refractivity contribution in [3.63, 3.8) is 0 Å². The van der Waals surface area contributed by atoms with Crippen molar-refractivity contribution in [2.45, 2.75) is 10.5 Å². The molecule has 0 amide bonds. The molecule has 1 aliphatic rings. The Morgan fingerprint density at radius 1 is 0.875 bits per heavy atom. The van der Waals surface area contributed by atoms with Crippen LogP contribution in [0.2, 0.25) is 0 Å². The van der Waals surface area contributed by atoms with Gasteiger partial charge in [0.25, 0.3) is 20.0 Å². The summed E-state index contributed by atoms with van der Waals surface area (Å²) in [4.78, 5) is 0. The van der Waals surface area contributed by atoms with Gasteiger partial charge in [0.15, 0.2) is 0 Å². The van der Waals surface area contributed by atoms with Crippen LogP contribution in [0.3, 0.4) is 0 Å². The molecule has 0 aromatic heterocycles. The van der Waals surface area contributed by atoms with E-state index in [2.05, 4.69) is 64.6 Å². The summed E-state index contributed by atoms with van der Waals surface area (Å²) in [6.45, 7) is 0. The Labute approximate surface area is 175 Å². The Morgan fingerprint density at radius 2 is 1.38 bits per heavy atom. The molecule has 2 rings (SSSR count). The Hall–Kier alpha value is 0.440. The molecule has 0 bridgehead atoms. The molecular weight excluding hydrogens is 620 g/mol. The molecule has 0 atom stereocenters. The second-order valence-corrected chi connectivity index (χ2v) is 15.7. The standard InChI is InChI=1S/C12H10Br4N2O4S2/c13-17(14)23(19,20)12(24(21,22)18(15)16)8-6-11(7-9-12)10-4-2-1-3-5-10/h1-8H,9H2. The molecule has 1 aromatic rings. The maximum atomic E-state index is 12.7. The van der Waals surface area contributed by atoms with Gasteiger partial charge in [0.05, 0.1) is 0 Å². The predicted octanol–water partition coefficient (Wildman–Crippen LogP) is 4.23. The van der Waals surface area contributed by atoms with Gasteiger partial charge in [-0.2, -0.15) is 0 Å². The second kappa shape index (κ2) is 7.59. The fourth-order valence-corrected chi connectivity index (χ4v) is 9.50. The van der Waals surface area contributed by atoms with Crippen molar-refractivity contribution in [3.8, 4) is 0 Å². The molecule has 0 saturated carbocycles. The first-order valence-corrected chi connectivity index (χ1v) is 12.0. The third kappa shape index (κ3) is 3.48. The average molecular weight is 630 g/mol. The number of hydrogen-bond donors (Lipinski definition) is 0. The highest BCUT2D eigenvalue weighted by molar-refractivity contribution is 9.23. The maximum absolute atomic E-state index is 12.7. The van der Waals surface area contributed by atoms with E-state index in [1.807, 2.05) is 30.3 Å². The highest BCUT2D eigenvalue weighted by atomic mass is 79.9. The van der Waals surface area contributed by atoms with Gasteiger partial charge in [0.2, 0.25) is 4.08 Å². The molecule has 0 heterocycles. The minimum Gasteiger partial charge on any atom is -0.208 e. The zero-order valence-electron chi connectivity index (χ0n) is 11.7. The molecule has 0 N–H and O–H groups in total. The lowest BCUT2D eigenvalue weighted by atomic mass is 9.99. The van der Waals surface area contributed by atoms with Gasteiger partial charge in [-0.15, -0.1) is 0 Å². The van der Waals surface area contributed by atoms with Gasteiger partial charge in [-0.1, -0.05) is 47.2 Å². The predicted molar refractivity (Wildman–Crippen MR) is 108 cm³/mol. The van der Waals surface area contributed by atoms with Crippen LogP contribution in [0.25, 0.3) is 5.57 Å². The van der Waals surface area contributed by atoms with E-state index in [1.165, 1.54) is 12.2 Å². The highest BCUT2D eigenvalue weighted by Crippen LogP contribution is 2.43. The first kappa shape index (κ1) is 20.7. The summed E-state index contributed by atoms with van der Waals surface area (Å²) in [7, 11) is -8.65. The molecule has 0 fully saturated rings. The van der Waals surface area contributed by atoms with E-state index >= 15 is 0 Å². The smallest absolute Gasteiger partial charge is 0.208 e. The van der Waals surface area contributed by atoms with Crippen molar-refractivity contribution in [3.05, 3.63) is 54.1 Å². The van der Waals surface area contributed by atoms with Gasteiger partial charge in [-0.05, 0) is 17.2 Å². The van der Waals surface area contributed by atoms with E-state index in [1.54, 1.807) is 6.08 Å². The SMILES string of the molecule is O=S(=O)(N(Br)Br)C1(S(=O)(=O)N(Br)Br)C=CC(c2ccccc2)=CC1. The van der Waals surface area contributed by atoms with Crippen LogP contribution in [0.4, 0.5) is 0 Å². The minimum atomic E-state index is -4.32. The van der Waals surface area contributed by atoms with E-state index in [0.29, 0.717) is 4.71 Å². The number of allylic oxidation sites excluding steroid dienone is 3. The Balaban J connectivity index is 2.59. The van der Waals surface area contributed by atoms with Crippen molar-refractivity contribution < 1.29 is 16.8 Å². The number of benzene rings is 1. The molecule has 0 saturated heterocycles. The lowest BCUT2D eigenvalue weighted by Crippen LogP contribution is -2.50. The second-order valence-electron chi connectivity index (χ2n) is 4.73. The Bertz CT molecular complexity index is 843. The van der Waals surface area contributed by atoms with Crippen molar-refractivity contribution in [1.29, 1.82) is 0 Å². The van der Waals surface area contributed by atoms with Gasteiger partial charge < -0.3 is 0 Å². The molecular formula is C12H10Br4N2O4S2. The summed E-state index contributed by atoms with van der Waals surface area (Å²) in [5.74, 6) is 0. The largest absolute Gasteiger partial charge is 0.259 e. The highest BCUT2D eigenvalue weighted by Gasteiger charge is 2.57. The van der Waals surface area contributed by atoms with Gasteiger partial charge >= 0.3 is 0 Å². The van der Waals surface area contributed by atoms with Crippen molar-refractivity contribution in [2.75, 3.05) is 0 Å². The van der Waals surface area contributed by atoms with Crippen LogP contribution in [0, 0.1) is 0 Å². The molecule has 132 valence electrons. The zero-order valence-corrected chi connectivity index (χ0v) is 19.7. The Morgan fingerprint density at radius 3 is 1.75 bits per heavy atom. The molecule has 1 aromatic carbocycles. The minimum absolute atomic E-state index is 0.264. The zero-order chi connectivity index (χ0) is 18.2. The fourth-order valence-electron chi connectivity index (χ4n) is 2.20. The van der Waals surface area contributed by atoms with Crippen molar-refractivity contribution >= 4 is 90.2 Å². The molecule has 0 spiro atoms. The fraction of sp³-hybridized carbons (Fsp3) is 0.167. The van der Waals surface area contributed by atoms with Crippen LogP contribution in [0.1, 0.15) is 12.0 Å². The molecule has 24 heavy (non-hydrogen) atoms. The van der Waals surface area contributed by atoms with Gasteiger partial charge in [0, 0.05) is 71.0 Å². The van der Waals surface area contributed by atoms with Crippen LogP contribution in [-0.4, -0.2) is 25.6 Å². The van der Waals surface area contributed by atoms with Gasteiger partial charge in [-0.3, -0.25) is 0 Å². The van der Waals surface area contributed by atoms with Crippen molar-refractivity contribution in [1.82, 2.24) is 4.71 Å². The summed E-state index contributed by atoms with van der Waals surface area (Å²) in [5.41, 5.74) is 1.60. The third-order valence-corrected chi connectivity index (χ3v) is 12.4. The maximum Gasteiger partial charge on any atom is 0.259 e. The summed E-state index contributed by atoms with van der Waals surface area (Å²) < 4.78 is 49.7. The first-order chi connectivity index (χ1) is 11.1. The van der Waals surface area contributed by atoms with E-state index in [-0.39, 0.29) is 6.42 Å². The number of hydrogen-bond acceptors (Lipinski definition) is 4. The summed E-state index contributed by atoms with van der Waals surface area (Å²) in [5, 5.41) is 0. The average Bonchev–Trinajstić information content (AvgIpc) is 2.55. The first-order valence-electron chi connectivity index (χ1n) is 6.24. The number of nitrogens with zero attached hydrogens (tertiary/aromatic N) is 2. The Kier molecular flexibility index (Phi) is 6.56. The molecule has 0 unspecified atom stereocenters. The molecule has 0 radical (unpaired) electrons. The van der Waals surface area contributed by atoms with Crippen LogP contribution in [-0.2, 0) is 20.0 Å². The molecule has 0 aliphatic heterocycles. The van der Waals surface area contributed by atoms with Crippen molar-refractivity contribution in [2.24, 2.45) is 0 Å². The van der Waals surface area contributed by atoms with Crippen LogP contribution < -0.4 is 0 Å². The number of rotatable bonds is 5.